The van der Waals surface area contributed by atoms with Crippen molar-refractivity contribution in [2.75, 3.05) is 23.4 Å². The third kappa shape index (κ3) is 6.50. The average Bonchev–Trinajstić information content (AvgIpc) is 3.13. The number of carbonyl (C=O) groups excluding carboxylic acids is 2. The zero-order chi connectivity index (χ0) is 27.4. The lowest BCUT2D eigenvalue weighted by Crippen LogP contribution is -2.27. The minimum absolute atomic E-state index is 0.188. The maximum Gasteiger partial charge on any atom is 0.270 e. The molecule has 0 spiro atoms. The molecule has 38 heavy (non-hydrogen) atoms. The van der Waals surface area contributed by atoms with Gasteiger partial charge in [-0.2, -0.15) is 0 Å². The van der Waals surface area contributed by atoms with E-state index in [2.05, 4.69) is 5.32 Å². The van der Waals surface area contributed by atoms with Crippen LogP contribution in [0.4, 0.5) is 11.4 Å². The molecule has 0 saturated carbocycles. The lowest BCUT2D eigenvalue weighted by atomic mass is 10.1. The van der Waals surface area contributed by atoms with Gasteiger partial charge in [-0.1, -0.05) is 59.3 Å². The van der Waals surface area contributed by atoms with Crippen molar-refractivity contribution in [2.24, 2.45) is 0 Å². The molecule has 0 atom stereocenters. The summed E-state index contributed by atoms with van der Waals surface area (Å²) in [6.45, 7) is 6.06. The largest absolute Gasteiger partial charge is 0.490 e. The molecular weight excluding hydrogens is 563 g/mol. The number of halogens is 2. The molecule has 3 aromatic rings. The summed E-state index contributed by atoms with van der Waals surface area (Å²) >= 11 is 18.9. The van der Waals surface area contributed by atoms with E-state index < -0.39 is 0 Å². The second kappa shape index (κ2) is 12.2. The van der Waals surface area contributed by atoms with Gasteiger partial charge in [0.2, 0.25) is 0 Å². The monoisotopic (exact) mass is 586 g/mol. The summed E-state index contributed by atoms with van der Waals surface area (Å²) in [5.41, 5.74) is 4.13. The van der Waals surface area contributed by atoms with E-state index in [0.29, 0.717) is 54.3 Å². The number of hydrogen-bond donors (Lipinski definition) is 1. The smallest absolute Gasteiger partial charge is 0.270 e. The summed E-state index contributed by atoms with van der Waals surface area (Å²) < 4.78 is 11.9. The zero-order valence-electron chi connectivity index (χ0n) is 20.8. The molecule has 1 aliphatic heterocycles. The summed E-state index contributed by atoms with van der Waals surface area (Å²) in [5.74, 6) is 0.297. The maximum atomic E-state index is 13.2. The summed E-state index contributed by atoms with van der Waals surface area (Å²) in [7, 11) is 0. The van der Waals surface area contributed by atoms with Crippen LogP contribution in [0.2, 0.25) is 10.0 Å². The summed E-state index contributed by atoms with van der Waals surface area (Å²) in [4.78, 5) is 27.4. The first-order valence-corrected chi connectivity index (χ1v) is 13.6. The van der Waals surface area contributed by atoms with E-state index in [0.717, 1.165) is 11.1 Å². The molecule has 0 aromatic heterocycles. The quantitative estimate of drug-likeness (QED) is 0.218. The molecule has 1 saturated heterocycles. The molecule has 10 heteroatoms. The SMILES string of the molecule is CCOc1cc(/C=C2\SC(=S)N(c3ccc(Cl)cc3Cl)C2=O)ccc1OCC(=O)Nc1ccc(C)c(C)c1. The van der Waals surface area contributed by atoms with Crippen molar-refractivity contribution in [1.82, 2.24) is 0 Å². The number of amides is 2. The second-order valence-corrected chi connectivity index (χ2v) is 10.9. The number of aryl methyl sites for hydroxylation is 2. The number of nitrogens with one attached hydrogen (secondary N) is 1. The molecule has 4 rings (SSSR count). The number of carbonyl (C=O) groups is 2. The summed E-state index contributed by atoms with van der Waals surface area (Å²) in [5, 5.41) is 3.63. The number of ether oxygens (including phenoxy) is 2. The number of rotatable bonds is 8. The molecule has 0 radical (unpaired) electrons. The predicted molar refractivity (Wildman–Crippen MR) is 160 cm³/mol. The predicted octanol–water partition coefficient (Wildman–Crippen LogP) is 7.43. The van der Waals surface area contributed by atoms with Gasteiger partial charge in [0.1, 0.15) is 0 Å². The van der Waals surface area contributed by atoms with Crippen molar-refractivity contribution in [3.05, 3.63) is 86.2 Å². The first kappa shape index (κ1) is 28.0. The lowest BCUT2D eigenvalue weighted by molar-refractivity contribution is -0.118. The third-order valence-electron chi connectivity index (χ3n) is 5.66. The average molecular weight is 588 g/mol. The Morgan fingerprint density at radius 1 is 1.03 bits per heavy atom. The Morgan fingerprint density at radius 3 is 2.53 bits per heavy atom. The molecule has 0 aliphatic carbocycles. The fraction of sp³-hybridized carbons (Fsp3) is 0.179. The Labute approximate surface area is 240 Å². The molecule has 1 fully saturated rings. The minimum Gasteiger partial charge on any atom is -0.490 e. The van der Waals surface area contributed by atoms with Crippen LogP contribution in [0.15, 0.2) is 59.5 Å². The fourth-order valence-corrected chi connectivity index (χ4v) is 5.43. The van der Waals surface area contributed by atoms with Gasteiger partial charge in [-0.25, -0.2) is 0 Å². The highest BCUT2D eigenvalue weighted by molar-refractivity contribution is 8.27. The maximum absolute atomic E-state index is 13.2. The number of benzene rings is 3. The van der Waals surface area contributed by atoms with Gasteiger partial charge in [-0.3, -0.25) is 14.5 Å². The van der Waals surface area contributed by atoms with Gasteiger partial charge in [-0.05, 0) is 86.0 Å². The van der Waals surface area contributed by atoms with Gasteiger partial charge in [0.05, 0.1) is 22.2 Å². The van der Waals surface area contributed by atoms with Crippen LogP contribution in [-0.4, -0.2) is 29.3 Å². The number of thiocarbonyl (C=S) groups is 1. The molecular formula is C28H24Cl2N2O4S2. The summed E-state index contributed by atoms with van der Waals surface area (Å²) in [6, 6.07) is 15.8. The van der Waals surface area contributed by atoms with E-state index in [9.17, 15) is 9.59 Å². The number of anilines is 2. The van der Waals surface area contributed by atoms with E-state index in [1.54, 1.807) is 42.5 Å². The number of nitrogens with zero attached hydrogens (tertiary/aromatic N) is 1. The molecule has 0 bridgehead atoms. The van der Waals surface area contributed by atoms with Crippen molar-refractivity contribution in [3.63, 3.8) is 0 Å². The van der Waals surface area contributed by atoms with E-state index in [1.807, 2.05) is 39.0 Å². The molecule has 1 aliphatic rings. The molecule has 196 valence electrons. The van der Waals surface area contributed by atoms with Gasteiger partial charge in [0.25, 0.3) is 11.8 Å². The Kier molecular flexibility index (Phi) is 8.99. The van der Waals surface area contributed by atoms with E-state index in [-0.39, 0.29) is 18.4 Å². The number of thioether (sulfide) groups is 1. The van der Waals surface area contributed by atoms with Gasteiger partial charge >= 0.3 is 0 Å². The van der Waals surface area contributed by atoms with Crippen molar-refractivity contribution in [3.8, 4) is 11.5 Å². The van der Waals surface area contributed by atoms with Gasteiger partial charge in [0.15, 0.2) is 22.4 Å². The summed E-state index contributed by atoms with van der Waals surface area (Å²) in [6.07, 6.45) is 1.72. The third-order valence-corrected chi connectivity index (χ3v) is 7.50. The van der Waals surface area contributed by atoms with Crippen molar-refractivity contribution in [1.29, 1.82) is 0 Å². The Bertz CT molecular complexity index is 1460. The first-order valence-electron chi connectivity index (χ1n) is 11.7. The van der Waals surface area contributed by atoms with Crippen LogP contribution in [0, 0.1) is 13.8 Å². The Balaban J connectivity index is 1.48. The zero-order valence-corrected chi connectivity index (χ0v) is 24.0. The standard InChI is InChI=1S/C28H24Cl2N2O4S2/c1-4-35-24-12-18(6-10-23(24)36-15-26(33)31-20-8-5-16(2)17(3)11-20)13-25-27(34)32(28(37)38-25)22-9-7-19(29)14-21(22)30/h5-14H,4,15H2,1-3H3,(H,31,33)/b25-13-. The Hall–Kier alpha value is -3.04. The normalized spacial score (nSPS) is 14.2. The van der Waals surface area contributed by atoms with Gasteiger partial charge < -0.3 is 14.8 Å². The van der Waals surface area contributed by atoms with Crippen LogP contribution in [0.5, 0.6) is 11.5 Å². The van der Waals surface area contributed by atoms with E-state index in [1.165, 1.54) is 16.7 Å². The van der Waals surface area contributed by atoms with Crippen LogP contribution in [0.25, 0.3) is 6.08 Å². The van der Waals surface area contributed by atoms with E-state index >= 15 is 0 Å². The molecule has 2 amide bonds. The van der Waals surface area contributed by atoms with Gasteiger partial charge in [0, 0.05) is 10.7 Å². The van der Waals surface area contributed by atoms with Crippen LogP contribution >= 0.6 is 47.2 Å². The highest BCUT2D eigenvalue weighted by Crippen LogP contribution is 2.40. The van der Waals surface area contributed by atoms with E-state index in [4.69, 9.17) is 44.9 Å². The Morgan fingerprint density at radius 2 is 1.82 bits per heavy atom. The molecule has 6 nitrogen and oxygen atoms in total. The van der Waals surface area contributed by atoms with Crippen molar-refractivity contribution in [2.45, 2.75) is 20.8 Å². The molecule has 3 aromatic carbocycles. The van der Waals surface area contributed by atoms with Crippen LogP contribution < -0.4 is 19.7 Å². The lowest BCUT2D eigenvalue weighted by Gasteiger charge is -2.16. The van der Waals surface area contributed by atoms with Crippen molar-refractivity contribution >= 4 is 80.8 Å². The highest BCUT2D eigenvalue weighted by atomic mass is 35.5. The van der Waals surface area contributed by atoms with Crippen LogP contribution in [0.1, 0.15) is 23.6 Å². The fourth-order valence-electron chi connectivity index (χ4n) is 3.65. The number of hydrogen-bond acceptors (Lipinski definition) is 6. The molecule has 0 unspecified atom stereocenters. The molecule has 1 heterocycles. The minimum atomic E-state index is -0.288. The molecule has 1 N–H and O–H groups in total. The van der Waals surface area contributed by atoms with Crippen LogP contribution in [-0.2, 0) is 9.59 Å². The first-order chi connectivity index (χ1) is 18.2. The highest BCUT2D eigenvalue weighted by Gasteiger charge is 2.34. The topological polar surface area (TPSA) is 67.9 Å². The van der Waals surface area contributed by atoms with Crippen molar-refractivity contribution < 1.29 is 19.1 Å². The van der Waals surface area contributed by atoms with Gasteiger partial charge in [-0.15, -0.1) is 0 Å². The second-order valence-electron chi connectivity index (χ2n) is 8.39. The van der Waals surface area contributed by atoms with Crippen LogP contribution in [0.3, 0.4) is 0 Å².